The van der Waals surface area contributed by atoms with Crippen molar-refractivity contribution >= 4 is 22.4 Å². The molecule has 2 heterocycles. The maximum Gasteiger partial charge on any atom is 0.273 e. The molecular weight excluding hydrogens is 330 g/mol. The summed E-state index contributed by atoms with van der Waals surface area (Å²) in [7, 11) is 0. The van der Waals surface area contributed by atoms with Crippen LogP contribution in [0.25, 0.3) is 10.8 Å². The Morgan fingerprint density at radius 3 is 2.58 bits per heavy atom. The average molecular weight is 349 g/mol. The van der Waals surface area contributed by atoms with Crippen LogP contribution in [-0.2, 0) is 17.8 Å². The zero-order chi connectivity index (χ0) is 18.1. The highest BCUT2D eigenvalue weighted by Crippen LogP contribution is 2.27. The lowest BCUT2D eigenvalue weighted by Gasteiger charge is -2.29. The van der Waals surface area contributed by atoms with Crippen molar-refractivity contribution < 1.29 is 4.79 Å². The number of para-hydroxylation sites is 1. The molecule has 1 N–H and O–H groups in total. The van der Waals surface area contributed by atoms with Gasteiger partial charge in [0.2, 0.25) is 5.91 Å². The summed E-state index contributed by atoms with van der Waals surface area (Å²) >= 11 is 0. The second-order valence-corrected chi connectivity index (χ2v) is 6.47. The molecule has 0 unspecified atom stereocenters. The number of hydrogen-bond acceptors (Lipinski definition) is 3. The Hall–Kier alpha value is -3.15. The number of aromatic amines is 1. The first-order valence-electron chi connectivity index (χ1n) is 8.75. The molecule has 3 aromatic rings. The fourth-order valence-corrected chi connectivity index (χ4v) is 3.54. The molecule has 1 aliphatic rings. The van der Waals surface area contributed by atoms with Gasteiger partial charge >= 0.3 is 0 Å². The molecule has 2 aromatic carbocycles. The van der Waals surface area contributed by atoms with Gasteiger partial charge < -0.3 is 4.90 Å². The molecular formula is C20H19N3O3. The quantitative estimate of drug-likeness (QED) is 0.786. The van der Waals surface area contributed by atoms with Crippen molar-refractivity contribution in [2.75, 3.05) is 11.4 Å². The van der Waals surface area contributed by atoms with Crippen molar-refractivity contribution in [1.29, 1.82) is 0 Å². The molecule has 1 aromatic heterocycles. The van der Waals surface area contributed by atoms with Gasteiger partial charge in [-0.25, -0.2) is 4.68 Å². The van der Waals surface area contributed by atoms with Crippen LogP contribution in [0.5, 0.6) is 0 Å². The number of nitrogens with zero attached hydrogens (tertiary/aromatic N) is 2. The second kappa shape index (κ2) is 6.63. The zero-order valence-electron chi connectivity index (χ0n) is 14.3. The first-order valence-corrected chi connectivity index (χ1v) is 8.75. The van der Waals surface area contributed by atoms with Crippen LogP contribution in [0.15, 0.2) is 58.1 Å². The first-order chi connectivity index (χ1) is 12.6. The third-order valence-electron chi connectivity index (χ3n) is 4.84. The van der Waals surface area contributed by atoms with Crippen molar-refractivity contribution in [3.63, 3.8) is 0 Å². The average Bonchev–Trinajstić information content (AvgIpc) is 2.69. The number of amides is 1. The molecule has 0 aliphatic carbocycles. The molecule has 1 aliphatic heterocycles. The van der Waals surface area contributed by atoms with Gasteiger partial charge in [-0.15, -0.1) is 0 Å². The van der Waals surface area contributed by atoms with E-state index < -0.39 is 0 Å². The van der Waals surface area contributed by atoms with E-state index >= 15 is 0 Å². The van der Waals surface area contributed by atoms with Crippen molar-refractivity contribution in [2.24, 2.45) is 0 Å². The summed E-state index contributed by atoms with van der Waals surface area (Å²) in [4.78, 5) is 39.2. The third kappa shape index (κ3) is 2.83. The Kier molecular flexibility index (Phi) is 4.16. The van der Waals surface area contributed by atoms with Gasteiger partial charge in [0.1, 0.15) is 0 Å². The van der Waals surface area contributed by atoms with Gasteiger partial charge in [-0.05, 0) is 36.6 Å². The van der Waals surface area contributed by atoms with E-state index in [2.05, 4.69) is 5.10 Å². The van der Waals surface area contributed by atoms with E-state index in [0.29, 0.717) is 17.3 Å². The molecule has 132 valence electrons. The summed E-state index contributed by atoms with van der Waals surface area (Å²) in [6.07, 6.45) is 2.05. The van der Waals surface area contributed by atoms with Gasteiger partial charge in [-0.2, -0.15) is 0 Å². The molecule has 6 nitrogen and oxygen atoms in total. The summed E-state index contributed by atoms with van der Waals surface area (Å²) in [5, 5.41) is 3.31. The molecule has 4 rings (SSSR count). The summed E-state index contributed by atoms with van der Waals surface area (Å²) in [6, 6.07) is 14.6. The molecule has 0 fully saturated rings. The van der Waals surface area contributed by atoms with Gasteiger partial charge in [0, 0.05) is 18.7 Å². The summed E-state index contributed by atoms with van der Waals surface area (Å²) in [6.45, 7) is 0.829. The number of nitrogens with one attached hydrogen (secondary N) is 1. The number of carbonyl (C=O) groups excluding carboxylic acids is 1. The monoisotopic (exact) mass is 349 g/mol. The second-order valence-electron chi connectivity index (χ2n) is 6.47. The number of carbonyl (C=O) groups is 1. The predicted molar refractivity (Wildman–Crippen MR) is 101 cm³/mol. The van der Waals surface area contributed by atoms with E-state index in [1.165, 1.54) is 10.2 Å². The van der Waals surface area contributed by atoms with Crippen molar-refractivity contribution in [3.8, 4) is 0 Å². The number of aryl methyl sites for hydroxylation is 2. The highest BCUT2D eigenvalue weighted by atomic mass is 16.2. The minimum Gasteiger partial charge on any atom is -0.312 e. The van der Waals surface area contributed by atoms with Gasteiger partial charge in [0.05, 0.1) is 17.3 Å². The van der Waals surface area contributed by atoms with E-state index in [4.69, 9.17) is 0 Å². The lowest BCUT2D eigenvalue weighted by Crippen LogP contribution is -2.37. The molecule has 0 spiro atoms. The minimum absolute atomic E-state index is 0.0435. The molecule has 0 radical (unpaired) electrons. The SMILES string of the molecule is O=C(CCn1[nH]c(=O)c2ccccc2c1=O)N1CCCc2ccccc21. The van der Waals surface area contributed by atoms with E-state index in [0.717, 1.165) is 18.5 Å². The Morgan fingerprint density at radius 2 is 1.73 bits per heavy atom. The highest BCUT2D eigenvalue weighted by Gasteiger charge is 2.22. The van der Waals surface area contributed by atoms with Gasteiger partial charge in [0.15, 0.2) is 0 Å². The smallest absolute Gasteiger partial charge is 0.273 e. The Morgan fingerprint density at radius 1 is 1.00 bits per heavy atom. The molecule has 1 amide bonds. The third-order valence-corrected chi connectivity index (χ3v) is 4.84. The van der Waals surface area contributed by atoms with Crippen LogP contribution in [0.1, 0.15) is 18.4 Å². The van der Waals surface area contributed by atoms with Crippen molar-refractivity contribution in [1.82, 2.24) is 9.78 Å². The standard InChI is InChI=1S/C20H19N3O3/c24-18(22-12-5-7-14-6-1-4-10-17(14)22)11-13-23-20(26)16-9-3-2-8-15(16)19(25)21-23/h1-4,6,8-10H,5,7,11-13H2,(H,21,25). The van der Waals surface area contributed by atoms with Crippen molar-refractivity contribution in [2.45, 2.75) is 25.8 Å². The topological polar surface area (TPSA) is 75.2 Å². The molecule has 6 heteroatoms. The lowest BCUT2D eigenvalue weighted by molar-refractivity contribution is -0.119. The van der Waals surface area contributed by atoms with Gasteiger partial charge in [-0.1, -0.05) is 30.3 Å². The maximum atomic E-state index is 12.7. The summed E-state index contributed by atoms with van der Waals surface area (Å²) < 4.78 is 1.23. The predicted octanol–water partition coefficient (Wildman–Crippen LogP) is 2.06. The number of benzene rings is 2. The molecule has 26 heavy (non-hydrogen) atoms. The Bertz CT molecular complexity index is 1100. The fraction of sp³-hybridized carbons (Fsp3) is 0.250. The fourth-order valence-electron chi connectivity index (χ4n) is 3.54. The lowest BCUT2D eigenvalue weighted by atomic mass is 10.0. The zero-order valence-corrected chi connectivity index (χ0v) is 14.3. The number of anilines is 1. The van der Waals surface area contributed by atoms with Crippen LogP contribution < -0.4 is 16.0 Å². The normalized spacial score (nSPS) is 13.6. The van der Waals surface area contributed by atoms with Gasteiger partial charge in [0.25, 0.3) is 11.1 Å². The molecule has 0 bridgehead atoms. The maximum absolute atomic E-state index is 12.7. The van der Waals surface area contributed by atoms with Crippen LogP contribution in [0.3, 0.4) is 0 Å². The van der Waals surface area contributed by atoms with Crippen LogP contribution >= 0.6 is 0 Å². The van der Waals surface area contributed by atoms with Crippen molar-refractivity contribution in [3.05, 3.63) is 74.8 Å². The molecule has 0 saturated carbocycles. The van der Waals surface area contributed by atoms with E-state index in [9.17, 15) is 14.4 Å². The van der Waals surface area contributed by atoms with E-state index in [1.54, 1.807) is 29.2 Å². The Balaban J connectivity index is 1.58. The number of fused-ring (bicyclic) bond motifs is 2. The molecule has 0 saturated heterocycles. The van der Waals surface area contributed by atoms with Crippen LogP contribution in [0.4, 0.5) is 5.69 Å². The van der Waals surface area contributed by atoms with Crippen LogP contribution in [0, 0.1) is 0 Å². The molecule has 0 atom stereocenters. The highest BCUT2D eigenvalue weighted by molar-refractivity contribution is 5.94. The largest absolute Gasteiger partial charge is 0.312 e. The number of H-pyrrole nitrogens is 1. The van der Waals surface area contributed by atoms with Crippen LogP contribution in [0.2, 0.25) is 0 Å². The number of aromatic nitrogens is 2. The summed E-state index contributed by atoms with van der Waals surface area (Å²) in [5.41, 5.74) is 1.51. The number of hydrogen-bond donors (Lipinski definition) is 1. The Labute approximate surface area is 149 Å². The number of rotatable bonds is 3. The minimum atomic E-state index is -0.323. The van der Waals surface area contributed by atoms with Gasteiger partial charge in [-0.3, -0.25) is 19.5 Å². The van der Waals surface area contributed by atoms with Crippen LogP contribution in [-0.4, -0.2) is 22.2 Å². The first kappa shape index (κ1) is 16.3. The van der Waals surface area contributed by atoms with E-state index in [1.807, 2.05) is 24.3 Å². The summed E-state index contributed by atoms with van der Waals surface area (Å²) in [5.74, 6) is -0.0435. The van der Waals surface area contributed by atoms with E-state index in [-0.39, 0.29) is 30.0 Å².